The number of halogens is 1. The lowest BCUT2D eigenvalue weighted by Gasteiger charge is -2.35. The number of aromatic nitrogens is 1. The van der Waals surface area contributed by atoms with E-state index in [1.165, 1.54) is 11.3 Å². The summed E-state index contributed by atoms with van der Waals surface area (Å²) in [5.74, 6) is 0.982. The fourth-order valence-corrected chi connectivity index (χ4v) is 4.74. The van der Waals surface area contributed by atoms with Gasteiger partial charge in [0, 0.05) is 18.1 Å². The lowest BCUT2D eigenvalue weighted by Crippen LogP contribution is -2.55. The van der Waals surface area contributed by atoms with Crippen molar-refractivity contribution in [2.45, 2.75) is 32.0 Å². The summed E-state index contributed by atoms with van der Waals surface area (Å²) in [6.45, 7) is 4.37. The normalized spacial score (nSPS) is 19.2. The van der Waals surface area contributed by atoms with Crippen LogP contribution in [0.3, 0.4) is 0 Å². The highest BCUT2D eigenvalue weighted by Gasteiger charge is 2.46. The largest absolute Gasteiger partial charge is 0.490 e. The fraction of sp³-hybridized carbons (Fsp3) is 0.296. The van der Waals surface area contributed by atoms with Crippen LogP contribution < -0.4 is 10.1 Å². The second-order valence-corrected chi connectivity index (χ2v) is 9.65. The number of piperazine rings is 1. The second-order valence-electron chi connectivity index (χ2n) is 9.21. The van der Waals surface area contributed by atoms with Crippen molar-refractivity contribution in [2.75, 3.05) is 19.6 Å². The molecule has 3 amide bonds. The summed E-state index contributed by atoms with van der Waals surface area (Å²) in [5.41, 5.74) is 1.72. The molecule has 2 aliphatic rings. The molecule has 11 heteroatoms. The molecule has 1 aromatic heterocycles. The Labute approximate surface area is 224 Å². The molecule has 0 bridgehead atoms. The number of carbonyl (C=O) groups excluding carboxylic acids is 2. The topological polar surface area (TPSA) is 124 Å². The van der Waals surface area contributed by atoms with Crippen LogP contribution in [0.25, 0.3) is 0 Å². The Hall–Kier alpha value is -4.36. The van der Waals surface area contributed by atoms with E-state index in [4.69, 9.17) is 25.7 Å². The van der Waals surface area contributed by atoms with E-state index >= 15 is 0 Å². The molecule has 0 radical (unpaired) electrons. The number of amidine groups is 1. The summed E-state index contributed by atoms with van der Waals surface area (Å²) < 4.78 is 11.7. The van der Waals surface area contributed by atoms with Crippen molar-refractivity contribution in [3.8, 4) is 11.8 Å². The molecule has 0 spiro atoms. The molecule has 2 unspecified atom stereocenters. The fourth-order valence-electron chi connectivity index (χ4n) is 4.61. The highest BCUT2D eigenvalue weighted by molar-refractivity contribution is 6.30. The molecule has 194 valence electrons. The van der Waals surface area contributed by atoms with Gasteiger partial charge in [-0.3, -0.25) is 14.7 Å². The lowest BCUT2D eigenvalue weighted by molar-refractivity contribution is -0.123. The Bertz CT molecular complexity index is 1410. The van der Waals surface area contributed by atoms with Gasteiger partial charge < -0.3 is 19.4 Å². The Balaban J connectivity index is 1.69. The molecule has 0 saturated carbocycles. The highest BCUT2D eigenvalue weighted by Crippen LogP contribution is 2.45. The van der Waals surface area contributed by atoms with Gasteiger partial charge in [0.1, 0.15) is 24.2 Å². The van der Waals surface area contributed by atoms with Gasteiger partial charge in [-0.1, -0.05) is 23.7 Å². The van der Waals surface area contributed by atoms with Gasteiger partial charge in [-0.15, -0.1) is 0 Å². The number of urea groups is 1. The van der Waals surface area contributed by atoms with Crippen LogP contribution in [-0.4, -0.2) is 58.3 Å². The average molecular weight is 533 g/mol. The quantitative estimate of drug-likeness (QED) is 0.528. The number of rotatable bonds is 5. The van der Waals surface area contributed by atoms with Crippen molar-refractivity contribution < 1.29 is 18.7 Å². The summed E-state index contributed by atoms with van der Waals surface area (Å²) in [7, 11) is 0. The molecule has 5 rings (SSSR count). The maximum atomic E-state index is 14.2. The number of nitriles is 1. The van der Waals surface area contributed by atoms with Gasteiger partial charge >= 0.3 is 6.03 Å². The number of amides is 3. The number of aliphatic imine (C=N–C) groups is 1. The molecular weight excluding hydrogens is 508 g/mol. The van der Waals surface area contributed by atoms with Gasteiger partial charge in [0.25, 0.3) is 0 Å². The smallest absolute Gasteiger partial charge is 0.326 e. The van der Waals surface area contributed by atoms with Crippen LogP contribution in [0.5, 0.6) is 5.75 Å². The first-order valence-electron chi connectivity index (χ1n) is 12.1. The van der Waals surface area contributed by atoms with Crippen LogP contribution in [0.4, 0.5) is 4.79 Å². The van der Waals surface area contributed by atoms with Crippen molar-refractivity contribution >= 4 is 29.4 Å². The first kappa shape index (κ1) is 25.3. The number of ether oxygens (including phenoxy) is 1. The first-order valence-corrected chi connectivity index (χ1v) is 12.5. The minimum atomic E-state index is -0.640. The number of oxazole rings is 1. The third-order valence-corrected chi connectivity index (χ3v) is 6.50. The molecule has 2 aromatic carbocycles. The Morgan fingerprint density at radius 2 is 2.05 bits per heavy atom. The third kappa shape index (κ3) is 4.93. The van der Waals surface area contributed by atoms with Crippen molar-refractivity contribution in [1.29, 1.82) is 5.26 Å². The van der Waals surface area contributed by atoms with E-state index in [1.54, 1.807) is 41.4 Å². The first-order chi connectivity index (χ1) is 18.4. The predicted molar refractivity (Wildman–Crippen MR) is 139 cm³/mol. The molecule has 0 aliphatic carbocycles. The maximum Gasteiger partial charge on any atom is 0.326 e. The highest BCUT2D eigenvalue weighted by atomic mass is 35.5. The van der Waals surface area contributed by atoms with Crippen molar-refractivity contribution in [3.05, 3.63) is 82.5 Å². The third-order valence-electron chi connectivity index (χ3n) is 6.25. The lowest BCUT2D eigenvalue weighted by atomic mass is 9.97. The molecule has 1 N–H and O–H groups in total. The molecule has 2 aliphatic heterocycles. The average Bonchev–Trinajstić information content (AvgIpc) is 3.57. The van der Waals surface area contributed by atoms with E-state index in [0.29, 0.717) is 46.6 Å². The van der Waals surface area contributed by atoms with E-state index in [9.17, 15) is 14.9 Å². The van der Waals surface area contributed by atoms with Gasteiger partial charge in [0.15, 0.2) is 12.2 Å². The Morgan fingerprint density at radius 1 is 1.26 bits per heavy atom. The van der Waals surface area contributed by atoms with Crippen LogP contribution in [-0.2, 0) is 4.79 Å². The summed E-state index contributed by atoms with van der Waals surface area (Å²) in [6.07, 6.45) is 2.69. The molecule has 1 saturated heterocycles. The predicted octanol–water partition coefficient (Wildman–Crippen LogP) is 4.08. The molecule has 1 fully saturated rings. The van der Waals surface area contributed by atoms with Crippen LogP contribution >= 0.6 is 11.6 Å². The summed E-state index contributed by atoms with van der Waals surface area (Å²) in [6, 6.07) is 12.7. The van der Waals surface area contributed by atoms with E-state index in [2.05, 4.69) is 16.4 Å². The summed E-state index contributed by atoms with van der Waals surface area (Å²) >= 11 is 6.18. The Morgan fingerprint density at radius 3 is 2.71 bits per heavy atom. The monoisotopic (exact) mass is 532 g/mol. The number of benzene rings is 2. The molecule has 10 nitrogen and oxygen atoms in total. The van der Waals surface area contributed by atoms with Gasteiger partial charge in [-0.05, 0) is 49.7 Å². The van der Waals surface area contributed by atoms with Gasteiger partial charge in [-0.2, -0.15) is 5.26 Å². The van der Waals surface area contributed by atoms with E-state index in [0.717, 1.165) is 5.56 Å². The zero-order valence-electron chi connectivity index (χ0n) is 20.8. The number of carbonyl (C=O) groups is 2. The summed E-state index contributed by atoms with van der Waals surface area (Å²) in [5, 5.41) is 12.8. The van der Waals surface area contributed by atoms with Crippen molar-refractivity contribution in [3.63, 3.8) is 0 Å². The number of hydrogen-bond donors (Lipinski definition) is 1. The minimum absolute atomic E-state index is 0.0777. The van der Waals surface area contributed by atoms with Crippen LogP contribution in [0.2, 0.25) is 5.02 Å². The molecule has 3 aromatic rings. The summed E-state index contributed by atoms with van der Waals surface area (Å²) in [4.78, 5) is 38.5. The van der Waals surface area contributed by atoms with Crippen molar-refractivity contribution in [2.24, 2.45) is 4.99 Å². The van der Waals surface area contributed by atoms with Gasteiger partial charge in [0.05, 0.1) is 35.5 Å². The minimum Gasteiger partial charge on any atom is -0.490 e. The molecule has 3 heterocycles. The van der Waals surface area contributed by atoms with Gasteiger partial charge in [0.2, 0.25) is 5.91 Å². The molecule has 38 heavy (non-hydrogen) atoms. The second kappa shape index (κ2) is 10.6. The van der Waals surface area contributed by atoms with E-state index < -0.39 is 12.1 Å². The standard InChI is InChI=1S/C27H25ClN6O4/c1-16(2)38-21-11-17(12-29)3-8-20(21)26-32-24(22-13-30-15-37-22)25(18-4-6-19(28)7-5-18)34(26)27(36)33-10-9-31-23(35)14-33/h3-8,11,13,15-16,24-25H,9-10,14H2,1-2H3,(H,31,35). The number of hydrogen-bond acceptors (Lipinski definition) is 7. The SMILES string of the molecule is CC(C)Oc1cc(C#N)ccc1C1=NC(c2cnco2)C(c2ccc(Cl)cc2)N1C(=O)N1CCNC(=O)C1. The Kier molecular flexibility index (Phi) is 7.03. The van der Waals surface area contributed by atoms with Crippen LogP contribution in [0.15, 0.2) is 64.5 Å². The molecule has 2 atom stereocenters. The van der Waals surface area contributed by atoms with Crippen LogP contribution in [0, 0.1) is 11.3 Å². The zero-order valence-corrected chi connectivity index (χ0v) is 21.6. The maximum absolute atomic E-state index is 14.2. The van der Waals surface area contributed by atoms with E-state index in [-0.39, 0.29) is 24.6 Å². The van der Waals surface area contributed by atoms with Crippen LogP contribution in [0.1, 0.15) is 48.4 Å². The zero-order chi connectivity index (χ0) is 26.8. The number of nitrogens with zero attached hydrogens (tertiary/aromatic N) is 5. The van der Waals surface area contributed by atoms with E-state index in [1.807, 2.05) is 26.0 Å². The van der Waals surface area contributed by atoms with Gasteiger partial charge in [-0.25, -0.2) is 9.78 Å². The molecular formula is C27H25ClN6O4. The van der Waals surface area contributed by atoms with Crippen molar-refractivity contribution in [1.82, 2.24) is 20.1 Å². The number of nitrogens with one attached hydrogen (secondary N) is 1.